The molecule has 66 heavy (non-hydrogen) atoms. The van der Waals surface area contributed by atoms with Crippen LogP contribution in [0.3, 0.4) is 0 Å². The van der Waals surface area contributed by atoms with Gasteiger partial charge < -0.3 is 47.4 Å². The van der Waals surface area contributed by atoms with Gasteiger partial charge in [0.05, 0.1) is 6.61 Å². The van der Waals surface area contributed by atoms with Gasteiger partial charge in [0.15, 0.2) is 12.6 Å². The van der Waals surface area contributed by atoms with E-state index in [0.29, 0.717) is 56.3 Å². The van der Waals surface area contributed by atoms with Crippen LogP contribution in [0.5, 0.6) is 11.5 Å². The Morgan fingerprint density at radius 2 is 1.17 bits per heavy atom. The van der Waals surface area contributed by atoms with Crippen LogP contribution in [0.25, 0.3) is 32.7 Å². The lowest BCUT2D eigenvalue weighted by molar-refractivity contribution is -0.150. The topological polar surface area (TPSA) is 222 Å². The Hall–Kier alpha value is -6.67. The molecule has 352 valence electrons. The lowest BCUT2D eigenvalue weighted by atomic mass is 9.92. The number of nitrogens with zero attached hydrogens (tertiary/aromatic N) is 1. The third-order valence-electron chi connectivity index (χ3n) is 11.1. The minimum atomic E-state index is -1.11. The molecule has 14 nitrogen and oxygen atoms in total. The van der Waals surface area contributed by atoms with Gasteiger partial charge in [-0.1, -0.05) is 119 Å². The molecule has 3 amide bonds. The Bertz CT molecular complexity index is 2400. The second-order valence-electron chi connectivity index (χ2n) is 17.3. The van der Waals surface area contributed by atoms with Crippen molar-refractivity contribution in [3.05, 3.63) is 109 Å². The number of fused-ring (bicyclic) bond motifs is 2. The van der Waals surface area contributed by atoms with Gasteiger partial charge in [0.25, 0.3) is 5.91 Å². The van der Waals surface area contributed by atoms with Crippen LogP contribution in [0, 0.1) is 11.8 Å². The number of unbranched alkanes of at least 4 members (excludes halogenated alkanes) is 1. The second-order valence-corrected chi connectivity index (χ2v) is 17.3. The summed E-state index contributed by atoms with van der Waals surface area (Å²) in [5.41, 5.74) is 19.4. The lowest BCUT2D eigenvalue weighted by Crippen LogP contribution is -2.56. The van der Waals surface area contributed by atoms with E-state index >= 15 is 0 Å². The number of nitrogens with two attached hydrogens (primary N) is 3. The molecule has 9 N–H and O–H groups in total. The van der Waals surface area contributed by atoms with Crippen molar-refractivity contribution in [1.29, 1.82) is 0 Å². The number of aliphatic imine (C=N–C) groups is 1. The Balaban J connectivity index is 1.37. The molecular formula is C52H67N7O7. The molecule has 5 aromatic rings. The third kappa shape index (κ3) is 15.2. The molecule has 0 unspecified atom stereocenters. The molecule has 0 aliphatic heterocycles. The summed E-state index contributed by atoms with van der Waals surface area (Å²) in [5.74, 6) is -0.763. The maximum atomic E-state index is 14.2. The number of rotatable bonds is 26. The summed E-state index contributed by atoms with van der Waals surface area (Å²) in [6, 6.07) is 30.0. The highest BCUT2D eigenvalue weighted by molar-refractivity contribution is 6.10. The number of nitrogens with one attached hydrogen (secondary N) is 3. The Labute approximate surface area is 388 Å². The van der Waals surface area contributed by atoms with Crippen LogP contribution in [0.4, 0.5) is 0 Å². The molecule has 0 fully saturated rings. The van der Waals surface area contributed by atoms with Gasteiger partial charge in [-0.25, -0.2) is 4.79 Å². The molecule has 0 radical (unpaired) electrons. The van der Waals surface area contributed by atoms with Crippen molar-refractivity contribution in [3.63, 3.8) is 0 Å². The van der Waals surface area contributed by atoms with E-state index in [0.717, 1.165) is 44.7 Å². The van der Waals surface area contributed by atoms with Crippen LogP contribution in [0.15, 0.2) is 108 Å². The highest BCUT2D eigenvalue weighted by Gasteiger charge is 2.31. The van der Waals surface area contributed by atoms with Crippen LogP contribution < -0.4 is 42.6 Å². The Kier molecular flexibility index (Phi) is 19.6. The summed E-state index contributed by atoms with van der Waals surface area (Å²) >= 11 is 0. The van der Waals surface area contributed by atoms with Crippen molar-refractivity contribution < 1.29 is 33.4 Å². The van der Waals surface area contributed by atoms with Crippen LogP contribution in [-0.4, -0.2) is 74.1 Å². The third-order valence-corrected chi connectivity index (χ3v) is 11.1. The molecule has 0 saturated heterocycles. The van der Waals surface area contributed by atoms with Gasteiger partial charge in [-0.15, -0.1) is 0 Å². The summed E-state index contributed by atoms with van der Waals surface area (Å²) < 4.78 is 18.5. The van der Waals surface area contributed by atoms with E-state index in [1.165, 1.54) is 0 Å². The molecule has 0 aromatic heterocycles. The first-order valence-corrected chi connectivity index (χ1v) is 23.0. The second kappa shape index (κ2) is 25.7. The normalized spacial score (nSPS) is 12.6. The number of guanidine groups is 1. The van der Waals surface area contributed by atoms with E-state index in [9.17, 15) is 19.2 Å². The Morgan fingerprint density at radius 1 is 0.606 bits per heavy atom. The zero-order valence-electron chi connectivity index (χ0n) is 38.7. The van der Waals surface area contributed by atoms with Crippen LogP contribution >= 0.6 is 0 Å². The first-order valence-electron chi connectivity index (χ1n) is 23.0. The molecule has 0 aliphatic carbocycles. The first kappa shape index (κ1) is 50.3. The molecule has 0 saturated carbocycles. The van der Waals surface area contributed by atoms with Crippen LogP contribution in [-0.2, 0) is 30.5 Å². The standard InChI is InChI=1S/C52H67N7O7/c1-34(2)27-30-64-44-25-23-37-17-8-10-19-39(37)47(44)48-40-20-11-9-18-38(40)24-26-45(48)65-33-46(60)57-41(21-12-13-28-53)49(61)58-42(22-14-29-56-52(54)55)50(62)59-43(31-35(3)4)51(63)66-32-36-15-6-5-7-16-36/h5-11,15-20,23-26,34-35,41-43H,12-14,21-22,27-33,53H2,1-4H3,(H,57,60)(H,58,61)(H,59,62)(H4,54,55,56)/t41-,42+,43-/m1/s1. The SMILES string of the molecule is CC(C)CCOc1ccc2ccccc2c1-c1c(OCC(=O)N[C@H](CCCCN)C(=O)N[C@@H](CCCN=C(N)N)C(=O)N[C@H](CC(C)C)C(=O)OCc2ccccc2)ccc2ccccc12. The number of carbonyl (C=O) groups excluding carboxylic acids is 4. The van der Waals surface area contributed by atoms with Gasteiger partial charge in [0.2, 0.25) is 11.8 Å². The lowest BCUT2D eigenvalue weighted by Gasteiger charge is -2.26. The number of esters is 1. The fourth-order valence-corrected chi connectivity index (χ4v) is 7.64. The van der Waals surface area contributed by atoms with E-state index in [1.807, 2.05) is 105 Å². The van der Waals surface area contributed by atoms with Gasteiger partial charge in [-0.05, 0) is 103 Å². The van der Waals surface area contributed by atoms with Gasteiger partial charge in [0.1, 0.15) is 36.2 Å². The van der Waals surface area contributed by atoms with Crippen molar-refractivity contribution >= 4 is 51.2 Å². The summed E-state index contributed by atoms with van der Waals surface area (Å²) in [6.45, 7) is 8.92. The largest absolute Gasteiger partial charge is 0.493 e. The maximum Gasteiger partial charge on any atom is 0.328 e. The summed E-state index contributed by atoms with van der Waals surface area (Å²) in [7, 11) is 0. The molecule has 14 heteroatoms. The number of amides is 3. The highest BCUT2D eigenvalue weighted by atomic mass is 16.5. The minimum Gasteiger partial charge on any atom is -0.493 e. The zero-order valence-corrected chi connectivity index (χ0v) is 38.7. The quantitative estimate of drug-likeness (QED) is 0.0146. The van der Waals surface area contributed by atoms with Gasteiger partial charge in [-0.2, -0.15) is 0 Å². The van der Waals surface area contributed by atoms with E-state index < -0.39 is 48.4 Å². The number of benzene rings is 5. The molecule has 0 aliphatic rings. The predicted molar refractivity (Wildman–Crippen MR) is 262 cm³/mol. The molecular weight excluding hydrogens is 835 g/mol. The van der Waals surface area contributed by atoms with E-state index in [4.69, 9.17) is 31.4 Å². The van der Waals surface area contributed by atoms with E-state index in [-0.39, 0.29) is 37.9 Å². The number of carbonyl (C=O) groups is 4. The number of ether oxygens (including phenoxy) is 3. The molecule has 0 heterocycles. The molecule has 0 bridgehead atoms. The van der Waals surface area contributed by atoms with Gasteiger partial charge in [-0.3, -0.25) is 19.4 Å². The summed E-state index contributed by atoms with van der Waals surface area (Å²) in [5, 5.41) is 12.4. The minimum absolute atomic E-state index is 0.0293. The summed E-state index contributed by atoms with van der Waals surface area (Å²) in [6.07, 6.45) is 3.01. The van der Waals surface area contributed by atoms with Gasteiger partial charge >= 0.3 is 5.97 Å². The van der Waals surface area contributed by atoms with Crippen molar-refractivity contribution in [1.82, 2.24) is 16.0 Å². The summed E-state index contributed by atoms with van der Waals surface area (Å²) in [4.78, 5) is 59.5. The molecule has 3 atom stereocenters. The Morgan fingerprint density at radius 3 is 1.76 bits per heavy atom. The monoisotopic (exact) mass is 902 g/mol. The smallest absolute Gasteiger partial charge is 0.328 e. The maximum absolute atomic E-state index is 14.2. The van der Waals surface area contributed by atoms with Crippen molar-refractivity contribution in [3.8, 4) is 22.6 Å². The van der Waals surface area contributed by atoms with E-state index in [2.05, 4.69) is 46.9 Å². The van der Waals surface area contributed by atoms with Crippen LogP contribution in [0.2, 0.25) is 0 Å². The van der Waals surface area contributed by atoms with Crippen LogP contribution in [0.1, 0.15) is 78.2 Å². The van der Waals surface area contributed by atoms with E-state index in [1.54, 1.807) is 0 Å². The average molecular weight is 902 g/mol. The average Bonchev–Trinajstić information content (AvgIpc) is 3.30. The highest BCUT2D eigenvalue weighted by Crippen LogP contribution is 2.45. The predicted octanol–water partition coefficient (Wildman–Crippen LogP) is 6.89. The fraction of sp³-hybridized carbons (Fsp3) is 0.404. The molecule has 0 spiro atoms. The van der Waals surface area contributed by atoms with Gasteiger partial charge in [0, 0.05) is 17.7 Å². The van der Waals surface area contributed by atoms with Crippen molar-refractivity contribution in [2.75, 3.05) is 26.3 Å². The zero-order chi connectivity index (χ0) is 47.4. The fourth-order valence-electron chi connectivity index (χ4n) is 7.64. The van der Waals surface area contributed by atoms with Crippen molar-refractivity contribution in [2.24, 2.45) is 34.0 Å². The number of hydrogen-bond acceptors (Lipinski definition) is 9. The number of hydrogen-bond donors (Lipinski definition) is 6. The molecule has 5 rings (SSSR count). The molecule has 5 aromatic carbocycles. The van der Waals surface area contributed by atoms with Crippen molar-refractivity contribution in [2.45, 2.75) is 97.4 Å². The first-order chi connectivity index (χ1) is 31.8.